The van der Waals surface area contributed by atoms with Crippen molar-refractivity contribution < 1.29 is 4.52 Å². The number of pyridine rings is 1. The van der Waals surface area contributed by atoms with Gasteiger partial charge in [0.1, 0.15) is 5.82 Å². The van der Waals surface area contributed by atoms with Crippen molar-refractivity contribution in [3.05, 3.63) is 24.2 Å². The fourth-order valence-corrected chi connectivity index (χ4v) is 2.39. The molecule has 1 fully saturated rings. The first-order chi connectivity index (χ1) is 9.74. The molecule has 2 aromatic rings. The second kappa shape index (κ2) is 5.58. The Morgan fingerprint density at radius 3 is 2.80 bits per heavy atom. The summed E-state index contributed by atoms with van der Waals surface area (Å²) in [5.74, 6) is 2.00. The summed E-state index contributed by atoms with van der Waals surface area (Å²) in [6.07, 6.45) is 5.55. The van der Waals surface area contributed by atoms with Crippen LogP contribution in [0.4, 0.5) is 5.82 Å². The average molecular weight is 273 g/mol. The molecule has 0 saturated carbocycles. The lowest BCUT2D eigenvalue weighted by Gasteiger charge is -2.27. The Bertz CT molecular complexity index is 574. The summed E-state index contributed by atoms with van der Waals surface area (Å²) in [5, 5.41) is 3.98. The highest BCUT2D eigenvalue weighted by Gasteiger charge is 2.15. The average Bonchev–Trinajstić information content (AvgIpc) is 2.98. The quantitative estimate of drug-likeness (QED) is 0.922. The minimum Gasteiger partial charge on any atom is -0.357 e. The van der Waals surface area contributed by atoms with Gasteiger partial charge in [-0.25, -0.2) is 4.98 Å². The van der Waals surface area contributed by atoms with Crippen LogP contribution in [0, 0.1) is 0 Å². The summed E-state index contributed by atoms with van der Waals surface area (Å²) >= 11 is 0. The molecule has 1 aliphatic rings. The summed E-state index contributed by atoms with van der Waals surface area (Å²) in [7, 11) is 0. The van der Waals surface area contributed by atoms with E-state index in [4.69, 9.17) is 10.3 Å². The van der Waals surface area contributed by atoms with Crippen molar-refractivity contribution in [2.24, 2.45) is 5.73 Å². The van der Waals surface area contributed by atoms with E-state index in [9.17, 15) is 0 Å². The van der Waals surface area contributed by atoms with Gasteiger partial charge < -0.3 is 15.2 Å². The molecule has 0 aliphatic carbocycles. The van der Waals surface area contributed by atoms with Crippen LogP contribution in [0.15, 0.2) is 22.9 Å². The third kappa shape index (κ3) is 2.65. The predicted octanol–water partition coefficient (Wildman–Crippen LogP) is 2.14. The van der Waals surface area contributed by atoms with Crippen LogP contribution < -0.4 is 10.6 Å². The third-order valence-corrected chi connectivity index (χ3v) is 3.52. The highest BCUT2D eigenvalue weighted by Crippen LogP contribution is 2.23. The Morgan fingerprint density at radius 2 is 2.10 bits per heavy atom. The zero-order valence-electron chi connectivity index (χ0n) is 11.6. The summed E-state index contributed by atoms with van der Waals surface area (Å²) < 4.78 is 5.15. The number of aromatic nitrogens is 3. The summed E-state index contributed by atoms with van der Waals surface area (Å²) in [6, 6.07) is 3.66. The topological polar surface area (TPSA) is 81.1 Å². The van der Waals surface area contributed by atoms with Crippen LogP contribution in [-0.4, -0.2) is 28.2 Å². The molecule has 1 atom stereocenters. The van der Waals surface area contributed by atoms with Gasteiger partial charge in [0.15, 0.2) is 0 Å². The first-order valence-electron chi connectivity index (χ1n) is 7.04. The molecule has 0 bridgehead atoms. The molecule has 3 heterocycles. The molecule has 2 N–H and O–H groups in total. The second-order valence-electron chi connectivity index (χ2n) is 5.20. The molecule has 6 heteroatoms. The molecule has 1 aliphatic heterocycles. The maximum absolute atomic E-state index is 5.74. The molecule has 0 spiro atoms. The van der Waals surface area contributed by atoms with Gasteiger partial charge in [-0.1, -0.05) is 5.16 Å². The Balaban J connectivity index is 1.86. The van der Waals surface area contributed by atoms with Crippen molar-refractivity contribution in [1.29, 1.82) is 0 Å². The van der Waals surface area contributed by atoms with Gasteiger partial charge in [-0.15, -0.1) is 0 Å². The van der Waals surface area contributed by atoms with Gasteiger partial charge in [-0.2, -0.15) is 4.98 Å². The van der Waals surface area contributed by atoms with Crippen molar-refractivity contribution in [1.82, 2.24) is 15.1 Å². The zero-order valence-corrected chi connectivity index (χ0v) is 11.6. The van der Waals surface area contributed by atoms with Crippen LogP contribution in [0.3, 0.4) is 0 Å². The molecule has 1 saturated heterocycles. The van der Waals surface area contributed by atoms with E-state index in [2.05, 4.69) is 20.0 Å². The molecule has 20 heavy (non-hydrogen) atoms. The van der Waals surface area contributed by atoms with E-state index in [0.29, 0.717) is 11.7 Å². The van der Waals surface area contributed by atoms with Gasteiger partial charge in [0.2, 0.25) is 11.7 Å². The van der Waals surface area contributed by atoms with E-state index < -0.39 is 0 Å². The highest BCUT2D eigenvalue weighted by molar-refractivity contribution is 5.59. The van der Waals surface area contributed by atoms with Crippen molar-refractivity contribution in [3.63, 3.8) is 0 Å². The van der Waals surface area contributed by atoms with Gasteiger partial charge >= 0.3 is 0 Å². The van der Waals surface area contributed by atoms with Crippen LogP contribution in [0.25, 0.3) is 11.4 Å². The fraction of sp³-hybridized carbons (Fsp3) is 0.500. The summed E-state index contributed by atoms with van der Waals surface area (Å²) in [5.41, 5.74) is 6.65. The number of anilines is 1. The minimum atomic E-state index is -0.250. The van der Waals surface area contributed by atoms with E-state index in [1.807, 2.05) is 19.1 Å². The Morgan fingerprint density at radius 1 is 1.30 bits per heavy atom. The lowest BCUT2D eigenvalue weighted by Crippen LogP contribution is -2.30. The first kappa shape index (κ1) is 13.1. The van der Waals surface area contributed by atoms with Crippen LogP contribution in [0.2, 0.25) is 0 Å². The van der Waals surface area contributed by atoms with Crippen LogP contribution in [-0.2, 0) is 0 Å². The number of hydrogen-bond donors (Lipinski definition) is 1. The molecule has 0 amide bonds. The van der Waals surface area contributed by atoms with Crippen LogP contribution in [0.5, 0.6) is 0 Å². The van der Waals surface area contributed by atoms with E-state index in [1.54, 1.807) is 6.20 Å². The molecule has 1 unspecified atom stereocenters. The smallest absolute Gasteiger partial charge is 0.243 e. The van der Waals surface area contributed by atoms with Gasteiger partial charge in [0.25, 0.3) is 0 Å². The van der Waals surface area contributed by atoms with Gasteiger partial charge in [-0.3, -0.25) is 0 Å². The number of rotatable bonds is 3. The van der Waals surface area contributed by atoms with Crippen molar-refractivity contribution in [2.45, 2.75) is 32.2 Å². The van der Waals surface area contributed by atoms with E-state index in [0.717, 1.165) is 24.5 Å². The first-order valence-corrected chi connectivity index (χ1v) is 7.04. The fourth-order valence-electron chi connectivity index (χ4n) is 2.39. The van der Waals surface area contributed by atoms with E-state index in [-0.39, 0.29) is 6.04 Å². The monoisotopic (exact) mass is 273 g/mol. The standard InChI is InChI=1S/C14H19N5O/c1-10(15)14-17-13(18-20-14)11-5-6-16-12(9-11)19-7-3-2-4-8-19/h5-6,9-10H,2-4,7-8,15H2,1H3. The SMILES string of the molecule is CC(N)c1nc(-c2ccnc(N3CCCCC3)c2)no1. The molecule has 106 valence electrons. The van der Waals surface area contributed by atoms with Crippen molar-refractivity contribution in [3.8, 4) is 11.4 Å². The molecule has 2 aromatic heterocycles. The minimum absolute atomic E-state index is 0.250. The van der Waals surface area contributed by atoms with Crippen LogP contribution in [0.1, 0.15) is 38.1 Å². The normalized spacial score (nSPS) is 17.2. The summed E-state index contributed by atoms with van der Waals surface area (Å²) in [4.78, 5) is 11.1. The van der Waals surface area contributed by atoms with Gasteiger partial charge in [0.05, 0.1) is 6.04 Å². The third-order valence-electron chi connectivity index (χ3n) is 3.52. The van der Waals surface area contributed by atoms with Gasteiger partial charge in [0, 0.05) is 24.8 Å². The molecule has 0 aromatic carbocycles. The Hall–Kier alpha value is -1.95. The van der Waals surface area contributed by atoms with Crippen molar-refractivity contribution in [2.75, 3.05) is 18.0 Å². The number of piperidine rings is 1. The van der Waals surface area contributed by atoms with Crippen LogP contribution >= 0.6 is 0 Å². The second-order valence-corrected chi connectivity index (χ2v) is 5.20. The lowest BCUT2D eigenvalue weighted by atomic mass is 10.1. The Kier molecular flexibility index (Phi) is 3.64. The van der Waals surface area contributed by atoms with Gasteiger partial charge in [-0.05, 0) is 38.3 Å². The van der Waals surface area contributed by atoms with Crippen molar-refractivity contribution >= 4 is 5.82 Å². The number of hydrogen-bond acceptors (Lipinski definition) is 6. The summed E-state index contributed by atoms with van der Waals surface area (Å²) in [6.45, 7) is 3.95. The highest BCUT2D eigenvalue weighted by atomic mass is 16.5. The maximum atomic E-state index is 5.74. The number of nitrogens with two attached hydrogens (primary N) is 1. The number of nitrogens with zero attached hydrogens (tertiary/aromatic N) is 4. The predicted molar refractivity (Wildman–Crippen MR) is 76.2 cm³/mol. The maximum Gasteiger partial charge on any atom is 0.243 e. The Labute approximate surface area is 118 Å². The lowest BCUT2D eigenvalue weighted by molar-refractivity contribution is 0.362. The molecule has 0 radical (unpaired) electrons. The molecular weight excluding hydrogens is 254 g/mol. The zero-order chi connectivity index (χ0) is 13.9. The molecular formula is C14H19N5O. The molecule has 6 nitrogen and oxygen atoms in total. The van der Waals surface area contributed by atoms with E-state index in [1.165, 1.54) is 19.3 Å². The van der Waals surface area contributed by atoms with E-state index >= 15 is 0 Å². The molecule has 3 rings (SSSR count). The largest absolute Gasteiger partial charge is 0.357 e.